The molecule has 0 amide bonds. The second-order valence-corrected chi connectivity index (χ2v) is 10.3. The highest BCUT2D eigenvalue weighted by atomic mass is 31.1. The molecule has 0 aromatic heterocycles. The standard InChI is InChI=1S/C26H36O4P2/c1-19-11-3-7-15-23(19)27-31-29-25-17-9-5-13-21(25)22-14-6-10-18-26(22)30-32-28-24-16-8-4-12-20(24)2/h3-4,7-8,11-12,15-16,21-22,25-26,31-32H,5-6,9-10,13-14,17-18H2,1-2H3. The molecule has 2 fully saturated rings. The first kappa shape index (κ1) is 24.0. The van der Waals surface area contributed by atoms with Crippen LogP contribution in [0, 0.1) is 25.7 Å². The average molecular weight is 475 g/mol. The van der Waals surface area contributed by atoms with E-state index in [-0.39, 0.29) is 30.3 Å². The summed E-state index contributed by atoms with van der Waals surface area (Å²) in [5.74, 6) is 2.94. The lowest BCUT2D eigenvalue weighted by Gasteiger charge is -2.42. The molecule has 0 N–H and O–H groups in total. The van der Waals surface area contributed by atoms with Gasteiger partial charge in [0.15, 0.2) is 0 Å². The average Bonchev–Trinajstić information content (AvgIpc) is 2.82. The lowest BCUT2D eigenvalue weighted by molar-refractivity contribution is -0.00633. The van der Waals surface area contributed by atoms with E-state index in [0.29, 0.717) is 11.8 Å². The van der Waals surface area contributed by atoms with Crippen molar-refractivity contribution in [2.75, 3.05) is 0 Å². The maximum Gasteiger partial charge on any atom is 0.215 e. The van der Waals surface area contributed by atoms with Crippen molar-refractivity contribution in [3.8, 4) is 11.5 Å². The summed E-state index contributed by atoms with van der Waals surface area (Å²) in [6.45, 7) is 4.15. The smallest absolute Gasteiger partial charge is 0.215 e. The van der Waals surface area contributed by atoms with E-state index in [1.165, 1.54) is 38.5 Å². The summed E-state index contributed by atoms with van der Waals surface area (Å²) in [5.41, 5.74) is 2.30. The molecule has 0 saturated heterocycles. The van der Waals surface area contributed by atoms with Gasteiger partial charge in [-0.3, -0.25) is 0 Å². The van der Waals surface area contributed by atoms with E-state index >= 15 is 0 Å². The van der Waals surface area contributed by atoms with E-state index < -0.39 is 0 Å². The molecule has 6 atom stereocenters. The van der Waals surface area contributed by atoms with Gasteiger partial charge in [0.05, 0.1) is 12.2 Å². The van der Waals surface area contributed by atoms with Gasteiger partial charge in [-0.15, -0.1) is 0 Å². The van der Waals surface area contributed by atoms with E-state index in [1.807, 2.05) is 36.4 Å². The Morgan fingerprint density at radius 2 is 1.00 bits per heavy atom. The summed E-state index contributed by atoms with van der Waals surface area (Å²) < 4.78 is 24.7. The molecule has 2 aromatic rings. The third-order valence-electron chi connectivity index (χ3n) is 6.95. The van der Waals surface area contributed by atoms with Crippen LogP contribution in [0.2, 0.25) is 0 Å². The van der Waals surface area contributed by atoms with Gasteiger partial charge in [0.1, 0.15) is 11.5 Å². The summed E-state index contributed by atoms with van der Waals surface area (Å²) >= 11 is 0. The van der Waals surface area contributed by atoms with Crippen LogP contribution in [0.15, 0.2) is 48.5 Å². The van der Waals surface area contributed by atoms with Crippen LogP contribution in [0.25, 0.3) is 0 Å². The van der Waals surface area contributed by atoms with Gasteiger partial charge < -0.3 is 18.1 Å². The normalized spacial score (nSPS) is 26.7. The molecule has 2 aliphatic rings. The molecule has 2 aromatic carbocycles. The van der Waals surface area contributed by atoms with Crippen LogP contribution in [0.1, 0.15) is 62.5 Å². The van der Waals surface area contributed by atoms with Gasteiger partial charge in [0, 0.05) is 0 Å². The maximum atomic E-state index is 6.37. The van der Waals surface area contributed by atoms with Crippen molar-refractivity contribution in [3.05, 3.63) is 59.7 Å². The second kappa shape index (κ2) is 12.3. The van der Waals surface area contributed by atoms with Crippen molar-refractivity contribution in [1.82, 2.24) is 0 Å². The Bertz CT molecular complexity index is 777. The SMILES string of the molecule is Cc1ccccc1OPOC1CCCCC1C1CCCCC1OPOc1ccccc1C. The summed E-state index contributed by atoms with van der Waals surface area (Å²) in [6.07, 6.45) is 10.3. The number of benzene rings is 2. The molecule has 2 aliphatic carbocycles. The van der Waals surface area contributed by atoms with Gasteiger partial charge in [0.25, 0.3) is 0 Å². The molecule has 32 heavy (non-hydrogen) atoms. The highest BCUT2D eigenvalue weighted by Gasteiger charge is 2.39. The minimum atomic E-state index is 0.0461. The fraction of sp³-hybridized carbons (Fsp3) is 0.538. The van der Waals surface area contributed by atoms with Crippen molar-refractivity contribution >= 4 is 18.1 Å². The zero-order chi connectivity index (χ0) is 22.2. The number of aryl methyl sites for hydroxylation is 2. The van der Waals surface area contributed by atoms with Gasteiger partial charge in [-0.25, -0.2) is 0 Å². The van der Waals surface area contributed by atoms with E-state index in [1.54, 1.807) is 0 Å². The molecule has 2 saturated carbocycles. The fourth-order valence-corrected chi connectivity index (χ4v) is 6.69. The largest absolute Gasteiger partial charge is 0.449 e. The molecular formula is C26H36O4P2. The van der Waals surface area contributed by atoms with Crippen molar-refractivity contribution in [2.24, 2.45) is 11.8 Å². The molecule has 174 valence electrons. The van der Waals surface area contributed by atoms with Crippen LogP contribution < -0.4 is 9.05 Å². The first-order valence-electron chi connectivity index (χ1n) is 12.0. The van der Waals surface area contributed by atoms with Gasteiger partial charge in [0.2, 0.25) is 18.1 Å². The molecule has 0 spiro atoms. The first-order valence-corrected chi connectivity index (χ1v) is 13.6. The number of hydrogen-bond acceptors (Lipinski definition) is 4. The third kappa shape index (κ3) is 6.45. The summed E-state index contributed by atoms with van der Waals surface area (Å²) in [5, 5.41) is 0. The van der Waals surface area contributed by atoms with E-state index in [4.69, 9.17) is 18.1 Å². The Labute approximate surface area is 196 Å². The van der Waals surface area contributed by atoms with Crippen LogP contribution in [0.3, 0.4) is 0 Å². The van der Waals surface area contributed by atoms with Crippen molar-refractivity contribution in [3.63, 3.8) is 0 Å². The van der Waals surface area contributed by atoms with E-state index in [2.05, 4.69) is 26.0 Å². The molecule has 0 heterocycles. The zero-order valence-electron chi connectivity index (χ0n) is 19.2. The van der Waals surface area contributed by atoms with Crippen molar-refractivity contribution in [1.29, 1.82) is 0 Å². The van der Waals surface area contributed by atoms with E-state index in [9.17, 15) is 0 Å². The molecule has 6 unspecified atom stereocenters. The topological polar surface area (TPSA) is 36.9 Å². The van der Waals surface area contributed by atoms with Gasteiger partial charge >= 0.3 is 0 Å². The molecule has 0 aliphatic heterocycles. The Balaban J connectivity index is 1.32. The second-order valence-electron chi connectivity index (χ2n) is 9.11. The number of para-hydroxylation sites is 2. The van der Waals surface area contributed by atoms with Crippen LogP contribution in [0.5, 0.6) is 11.5 Å². The Hall–Kier alpha value is -1.18. The fourth-order valence-electron chi connectivity index (χ4n) is 5.13. The molecule has 4 nitrogen and oxygen atoms in total. The minimum Gasteiger partial charge on any atom is -0.449 e. The van der Waals surface area contributed by atoms with Gasteiger partial charge in [-0.05, 0) is 74.6 Å². The van der Waals surface area contributed by atoms with Crippen molar-refractivity contribution in [2.45, 2.75) is 77.4 Å². The molecule has 0 bridgehead atoms. The summed E-state index contributed by atoms with van der Waals surface area (Å²) in [6, 6.07) is 16.3. The van der Waals surface area contributed by atoms with Gasteiger partial charge in [-0.1, -0.05) is 62.1 Å². The predicted octanol–water partition coefficient (Wildman–Crippen LogP) is 7.93. The van der Waals surface area contributed by atoms with Crippen LogP contribution in [-0.2, 0) is 9.05 Å². The maximum absolute atomic E-state index is 6.37. The van der Waals surface area contributed by atoms with Gasteiger partial charge in [-0.2, -0.15) is 0 Å². The highest BCUT2D eigenvalue weighted by molar-refractivity contribution is 7.27. The molecule has 6 heteroatoms. The highest BCUT2D eigenvalue weighted by Crippen LogP contribution is 2.44. The third-order valence-corrected chi connectivity index (χ3v) is 8.35. The Morgan fingerprint density at radius 3 is 1.44 bits per heavy atom. The zero-order valence-corrected chi connectivity index (χ0v) is 21.2. The van der Waals surface area contributed by atoms with Crippen LogP contribution in [-0.4, -0.2) is 12.2 Å². The number of hydrogen-bond donors (Lipinski definition) is 0. The van der Waals surface area contributed by atoms with E-state index in [0.717, 1.165) is 35.5 Å². The minimum absolute atomic E-state index is 0.0461. The number of rotatable bonds is 9. The molecular weight excluding hydrogens is 438 g/mol. The quantitative estimate of drug-likeness (QED) is 0.346. The first-order chi connectivity index (χ1) is 15.7. The summed E-state index contributed by atoms with van der Waals surface area (Å²) in [7, 11) is 0.0922. The Kier molecular flexibility index (Phi) is 9.23. The van der Waals surface area contributed by atoms with Crippen LogP contribution in [0.4, 0.5) is 0 Å². The van der Waals surface area contributed by atoms with Crippen molar-refractivity contribution < 1.29 is 18.1 Å². The predicted molar refractivity (Wildman–Crippen MR) is 134 cm³/mol. The lowest BCUT2D eigenvalue weighted by Crippen LogP contribution is -2.40. The molecule has 0 radical (unpaired) electrons. The monoisotopic (exact) mass is 474 g/mol. The van der Waals surface area contributed by atoms with Crippen LogP contribution >= 0.6 is 18.1 Å². The lowest BCUT2D eigenvalue weighted by atomic mass is 9.70. The molecule has 4 rings (SSSR count). The Morgan fingerprint density at radius 1 is 0.594 bits per heavy atom. The summed E-state index contributed by atoms with van der Waals surface area (Å²) in [4.78, 5) is 0.